The van der Waals surface area contributed by atoms with Crippen molar-refractivity contribution in [1.82, 2.24) is 29.5 Å². The Labute approximate surface area is 148 Å². The summed E-state index contributed by atoms with van der Waals surface area (Å²) in [5.41, 5.74) is 3.12. The number of benzene rings is 1. The predicted molar refractivity (Wildman–Crippen MR) is 95.8 cm³/mol. The molecule has 8 nitrogen and oxygen atoms in total. The number of nitrogens with zero attached hydrogens (tertiary/aromatic N) is 5. The van der Waals surface area contributed by atoms with Gasteiger partial charge in [-0.15, -0.1) is 0 Å². The highest BCUT2D eigenvalue weighted by Crippen LogP contribution is 2.16. The molecule has 0 atom stereocenters. The monoisotopic (exact) mass is 348 g/mol. The van der Waals surface area contributed by atoms with E-state index in [2.05, 4.69) is 20.4 Å². The van der Waals surface area contributed by atoms with E-state index in [1.807, 2.05) is 13.0 Å². The average molecular weight is 348 g/mol. The molecule has 1 N–H and O–H groups in total. The van der Waals surface area contributed by atoms with E-state index in [4.69, 9.17) is 0 Å². The van der Waals surface area contributed by atoms with Crippen LogP contribution in [0.25, 0.3) is 16.6 Å². The van der Waals surface area contributed by atoms with Crippen molar-refractivity contribution in [1.29, 1.82) is 0 Å². The number of aromatic nitrogens is 5. The van der Waals surface area contributed by atoms with E-state index in [0.29, 0.717) is 29.7 Å². The minimum absolute atomic E-state index is 0.128. The molecule has 0 aliphatic carbocycles. The second kappa shape index (κ2) is 6.40. The summed E-state index contributed by atoms with van der Waals surface area (Å²) in [5.74, 6) is -0.230. The molecule has 4 rings (SSSR count). The van der Waals surface area contributed by atoms with Crippen molar-refractivity contribution in [3.63, 3.8) is 0 Å². The Morgan fingerprint density at radius 3 is 2.69 bits per heavy atom. The summed E-state index contributed by atoms with van der Waals surface area (Å²) in [7, 11) is 0. The molecule has 0 aliphatic heterocycles. The summed E-state index contributed by atoms with van der Waals surface area (Å²) in [6.07, 6.45) is 6.33. The molecule has 0 fully saturated rings. The molecule has 0 bridgehead atoms. The van der Waals surface area contributed by atoms with Crippen molar-refractivity contribution >= 4 is 22.5 Å². The topological polar surface area (TPSA) is 94.2 Å². The summed E-state index contributed by atoms with van der Waals surface area (Å²) in [5, 5.41) is 7.06. The van der Waals surface area contributed by atoms with Crippen LogP contribution in [0.5, 0.6) is 0 Å². The number of fused-ring (bicyclic) bond motifs is 3. The van der Waals surface area contributed by atoms with Crippen LogP contribution in [-0.4, -0.2) is 30.1 Å². The maximum absolute atomic E-state index is 12.6. The van der Waals surface area contributed by atoms with Gasteiger partial charge < -0.3 is 9.88 Å². The highest BCUT2D eigenvalue weighted by Gasteiger charge is 2.13. The molecule has 0 radical (unpaired) electrons. The Morgan fingerprint density at radius 2 is 1.92 bits per heavy atom. The van der Waals surface area contributed by atoms with Crippen molar-refractivity contribution in [2.45, 2.75) is 20.0 Å². The summed E-state index contributed by atoms with van der Waals surface area (Å²) < 4.78 is 3.25. The normalized spacial score (nSPS) is 11.1. The number of aryl methyl sites for hydroxylation is 1. The maximum atomic E-state index is 12.6. The molecule has 0 unspecified atom stereocenters. The summed E-state index contributed by atoms with van der Waals surface area (Å²) in [4.78, 5) is 33.0. The lowest BCUT2D eigenvalue weighted by Crippen LogP contribution is -2.25. The van der Waals surface area contributed by atoms with E-state index in [1.54, 1.807) is 45.9 Å². The van der Waals surface area contributed by atoms with Crippen molar-refractivity contribution in [3.8, 4) is 0 Å². The fourth-order valence-corrected chi connectivity index (χ4v) is 2.98. The molecule has 1 amide bonds. The molecule has 0 spiro atoms. The van der Waals surface area contributed by atoms with E-state index < -0.39 is 0 Å². The van der Waals surface area contributed by atoms with Gasteiger partial charge in [-0.25, -0.2) is 14.5 Å². The first-order valence-electron chi connectivity index (χ1n) is 8.21. The Balaban J connectivity index is 1.74. The Hall–Kier alpha value is -3.55. The van der Waals surface area contributed by atoms with Gasteiger partial charge in [0.2, 0.25) is 0 Å². The van der Waals surface area contributed by atoms with Gasteiger partial charge in [0, 0.05) is 36.6 Å². The number of nitrogens with one attached hydrogen (secondary N) is 1. The molecule has 3 heterocycles. The molecule has 0 aliphatic rings. The molecule has 3 aromatic heterocycles. The van der Waals surface area contributed by atoms with E-state index in [0.717, 1.165) is 11.1 Å². The average Bonchev–Trinajstić information content (AvgIpc) is 3.17. The highest BCUT2D eigenvalue weighted by atomic mass is 16.1. The zero-order valence-electron chi connectivity index (χ0n) is 14.1. The van der Waals surface area contributed by atoms with Crippen LogP contribution in [0.15, 0.2) is 54.0 Å². The second-order valence-corrected chi connectivity index (χ2v) is 5.81. The zero-order chi connectivity index (χ0) is 18.1. The van der Waals surface area contributed by atoms with Gasteiger partial charge in [-0.1, -0.05) is 0 Å². The third-order valence-corrected chi connectivity index (χ3v) is 4.25. The Bertz CT molecular complexity index is 1160. The molecule has 8 heteroatoms. The molecule has 0 saturated heterocycles. The molecule has 1 aromatic carbocycles. The van der Waals surface area contributed by atoms with Crippen LogP contribution < -0.4 is 10.9 Å². The predicted octanol–water partition coefficient (Wildman–Crippen LogP) is 1.39. The SMILES string of the molecule is CCn1c(=O)c2ccnn2c2ccc(C(=O)NCc3cncnc3)cc21. The van der Waals surface area contributed by atoms with Gasteiger partial charge in [0.15, 0.2) is 0 Å². The zero-order valence-corrected chi connectivity index (χ0v) is 14.1. The third-order valence-electron chi connectivity index (χ3n) is 4.25. The van der Waals surface area contributed by atoms with Crippen LogP contribution in [0.3, 0.4) is 0 Å². The van der Waals surface area contributed by atoms with E-state index in [-0.39, 0.29) is 11.5 Å². The summed E-state index contributed by atoms with van der Waals surface area (Å²) in [6, 6.07) is 6.95. The summed E-state index contributed by atoms with van der Waals surface area (Å²) in [6.45, 7) is 2.73. The van der Waals surface area contributed by atoms with E-state index in [1.165, 1.54) is 6.33 Å². The summed E-state index contributed by atoms with van der Waals surface area (Å²) >= 11 is 0. The lowest BCUT2D eigenvalue weighted by molar-refractivity contribution is 0.0951. The standard InChI is InChI=1S/C18H16N6O2/c1-2-23-16-7-13(17(25)21-10-12-8-19-11-20-9-12)3-4-14(16)24-15(18(23)26)5-6-22-24/h3-9,11H,2,10H2,1H3,(H,21,25). The number of amides is 1. The lowest BCUT2D eigenvalue weighted by Gasteiger charge is -2.11. The first kappa shape index (κ1) is 15.9. The Kier molecular flexibility index (Phi) is 3.92. The Morgan fingerprint density at radius 1 is 1.12 bits per heavy atom. The maximum Gasteiger partial charge on any atom is 0.277 e. The van der Waals surface area contributed by atoms with Gasteiger partial charge in [0.1, 0.15) is 11.8 Å². The molecule has 26 heavy (non-hydrogen) atoms. The van der Waals surface area contributed by atoms with E-state index in [9.17, 15) is 9.59 Å². The number of hydrogen-bond donors (Lipinski definition) is 1. The largest absolute Gasteiger partial charge is 0.348 e. The number of rotatable bonds is 4. The van der Waals surface area contributed by atoms with Crippen LogP contribution in [-0.2, 0) is 13.1 Å². The quantitative estimate of drug-likeness (QED) is 0.601. The lowest BCUT2D eigenvalue weighted by atomic mass is 10.1. The highest BCUT2D eigenvalue weighted by molar-refractivity contribution is 5.97. The minimum atomic E-state index is -0.230. The van der Waals surface area contributed by atoms with Crippen LogP contribution in [0.1, 0.15) is 22.8 Å². The first-order chi connectivity index (χ1) is 12.7. The van der Waals surface area contributed by atoms with Crippen LogP contribution in [0.4, 0.5) is 0 Å². The van der Waals surface area contributed by atoms with E-state index >= 15 is 0 Å². The molecule has 130 valence electrons. The van der Waals surface area contributed by atoms with Crippen molar-refractivity contribution in [3.05, 3.63) is 70.7 Å². The van der Waals surface area contributed by atoms with Crippen LogP contribution in [0.2, 0.25) is 0 Å². The van der Waals surface area contributed by atoms with Crippen LogP contribution >= 0.6 is 0 Å². The molecular formula is C18H16N6O2. The smallest absolute Gasteiger partial charge is 0.277 e. The van der Waals surface area contributed by atoms with Crippen LogP contribution in [0, 0.1) is 0 Å². The van der Waals surface area contributed by atoms with Crippen molar-refractivity contribution in [2.75, 3.05) is 0 Å². The van der Waals surface area contributed by atoms with Gasteiger partial charge in [0.05, 0.1) is 17.2 Å². The minimum Gasteiger partial charge on any atom is -0.348 e. The number of carbonyl (C=O) groups is 1. The van der Waals surface area contributed by atoms with Crippen molar-refractivity contribution in [2.24, 2.45) is 0 Å². The second-order valence-electron chi connectivity index (χ2n) is 5.81. The molecular weight excluding hydrogens is 332 g/mol. The number of hydrogen-bond acceptors (Lipinski definition) is 5. The fourth-order valence-electron chi connectivity index (χ4n) is 2.98. The van der Waals surface area contributed by atoms with Gasteiger partial charge in [-0.2, -0.15) is 5.10 Å². The fraction of sp³-hybridized carbons (Fsp3) is 0.167. The molecule has 4 aromatic rings. The van der Waals surface area contributed by atoms with Gasteiger partial charge in [-0.05, 0) is 31.2 Å². The van der Waals surface area contributed by atoms with Crippen molar-refractivity contribution < 1.29 is 4.79 Å². The number of carbonyl (C=O) groups excluding carboxylic acids is 1. The van der Waals surface area contributed by atoms with Gasteiger partial charge in [0.25, 0.3) is 11.5 Å². The first-order valence-corrected chi connectivity index (χ1v) is 8.21. The van der Waals surface area contributed by atoms with Gasteiger partial charge in [-0.3, -0.25) is 9.59 Å². The van der Waals surface area contributed by atoms with Gasteiger partial charge >= 0.3 is 0 Å². The molecule has 0 saturated carbocycles. The third kappa shape index (κ3) is 2.61.